The van der Waals surface area contributed by atoms with Crippen LogP contribution >= 0.6 is 15.9 Å². The van der Waals surface area contributed by atoms with E-state index in [1.54, 1.807) is 18.5 Å². The lowest BCUT2D eigenvalue weighted by Gasteiger charge is -2.45. The summed E-state index contributed by atoms with van der Waals surface area (Å²) in [5.74, 6) is 0.633. The van der Waals surface area contributed by atoms with Crippen LogP contribution in [0.3, 0.4) is 0 Å². The minimum absolute atomic E-state index is 0.258. The van der Waals surface area contributed by atoms with Gasteiger partial charge in [0, 0.05) is 36.7 Å². The van der Waals surface area contributed by atoms with E-state index in [4.69, 9.17) is 4.74 Å². The van der Waals surface area contributed by atoms with Gasteiger partial charge in [-0.3, -0.25) is 9.88 Å². The summed E-state index contributed by atoms with van der Waals surface area (Å²) in [4.78, 5) is 17.4. The Morgan fingerprint density at radius 2 is 2.16 bits per heavy atom. The molecular formula is C18H20BrN3O3. The van der Waals surface area contributed by atoms with Crippen molar-refractivity contribution < 1.29 is 14.6 Å². The van der Waals surface area contributed by atoms with E-state index in [1.807, 2.05) is 30.3 Å². The van der Waals surface area contributed by atoms with Crippen LogP contribution in [-0.2, 0) is 6.42 Å². The fourth-order valence-corrected chi connectivity index (χ4v) is 3.38. The summed E-state index contributed by atoms with van der Waals surface area (Å²) >= 11 is 3.43. The molecule has 1 atom stereocenters. The Morgan fingerprint density at radius 3 is 2.84 bits per heavy atom. The van der Waals surface area contributed by atoms with Gasteiger partial charge in [-0.25, -0.2) is 4.79 Å². The van der Waals surface area contributed by atoms with Crippen LogP contribution < -0.4 is 10.1 Å². The Morgan fingerprint density at radius 1 is 1.36 bits per heavy atom. The molecule has 1 amide bonds. The van der Waals surface area contributed by atoms with Gasteiger partial charge in [0.15, 0.2) is 0 Å². The van der Waals surface area contributed by atoms with Gasteiger partial charge in [-0.2, -0.15) is 0 Å². The first-order chi connectivity index (χ1) is 12.1. The molecule has 1 aliphatic heterocycles. The van der Waals surface area contributed by atoms with E-state index < -0.39 is 11.6 Å². The quantitative estimate of drug-likeness (QED) is 0.799. The maximum Gasteiger partial charge on any atom is 0.407 e. The summed E-state index contributed by atoms with van der Waals surface area (Å²) in [6.45, 7) is 1.87. The van der Waals surface area contributed by atoms with Crippen molar-refractivity contribution in [2.75, 3.05) is 26.2 Å². The second kappa shape index (κ2) is 7.84. The molecule has 2 N–H and O–H groups in total. The molecule has 0 radical (unpaired) electrons. The molecule has 1 unspecified atom stereocenters. The zero-order chi connectivity index (χ0) is 17.7. The lowest BCUT2D eigenvalue weighted by Crippen LogP contribution is -2.66. The van der Waals surface area contributed by atoms with Crippen molar-refractivity contribution in [1.29, 1.82) is 0 Å². The standard InChI is InChI=1S/C18H20BrN3O3/c19-15-5-3-14(4-6-15)10-18(12-21-8-9-22(18)17(23)24)13-25-16-2-1-7-20-11-16/h1-7,11,21H,8-10,12-13H2,(H,23,24). The van der Waals surface area contributed by atoms with Crippen LogP contribution in [0.25, 0.3) is 0 Å². The SMILES string of the molecule is O=C(O)N1CCNCC1(COc1cccnc1)Cc1ccc(Br)cc1. The number of amides is 1. The lowest BCUT2D eigenvalue weighted by atomic mass is 9.88. The van der Waals surface area contributed by atoms with Gasteiger partial charge in [0.2, 0.25) is 0 Å². The molecule has 0 bridgehead atoms. The Hall–Kier alpha value is -2.12. The van der Waals surface area contributed by atoms with E-state index in [-0.39, 0.29) is 6.61 Å². The summed E-state index contributed by atoms with van der Waals surface area (Å²) in [6, 6.07) is 11.6. The van der Waals surface area contributed by atoms with Crippen molar-refractivity contribution in [3.63, 3.8) is 0 Å². The first-order valence-corrected chi connectivity index (χ1v) is 8.87. The van der Waals surface area contributed by atoms with Gasteiger partial charge in [-0.05, 0) is 29.8 Å². The summed E-state index contributed by atoms with van der Waals surface area (Å²) in [7, 11) is 0. The molecule has 1 aromatic carbocycles. The number of benzene rings is 1. The van der Waals surface area contributed by atoms with Crippen molar-refractivity contribution in [3.05, 3.63) is 58.8 Å². The highest BCUT2D eigenvalue weighted by molar-refractivity contribution is 9.10. The van der Waals surface area contributed by atoms with E-state index in [0.29, 0.717) is 31.8 Å². The fraction of sp³-hybridized carbons (Fsp3) is 0.333. The second-order valence-corrected chi connectivity index (χ2v) is 7.03. The first-order valence-electron chi connectivity index (χ1n) is 8.08. The summed E-state index contributed by atoms with van der Waals surface area (Å²) in [6.07, 6.45) is 2.96. The molecule has 1 aromatic heterocycles. The number of hydrogen-bond acceptors (Lipinski definition) is 4. The normalized spacial score (nSPS) is 20.3. The molecule has 0 aliphatic carbocycles. The third-order valence-corrected chi connectivity index (χ3v) is 4.89. The molecule has 7 heteroatoms. The molecule has 6 nitrogen and oxygen atoms in total. The summed E-state index contributed by atoms with van der Waals surface area (Å²) in [5, 5.41) is 13.0. The van der Waals surface area contributed by atoms with Crippen molar-refractivity contribution in [3.8, 4) is 5.75 Å². The van der Waals surface area contributed by atoms with E-state index in [9.17, 15) is 9.90 Å². The third kappa shape index (κ3) is 4.29. The van der Waals surface area contributed by atoms with Gasteiger partial charge >= 0.3 is 6.09 Å². The highest BCUT2D eigenvalue weighted by Gasteiger charge is 2.43. The first kappa shape index (κ1) is 17.7. The zero-order valence-electron chi connectivity index (χ0n) is 13.7. The Bertz CT molecular complexity index is 711. The number of ether oxygens (including phenoxy) is 1. The Balaban J connectivity index is 1.86. The maximum absolute atomic E-state index is 11.8. The number of carboxylic acid groups (broad SMARTS) is 1. The Kier molecular flexibility index (Phi) is 5.55. The number of rotatable bonds is 5. The van der Waals surface area contributed by atoms with E-state index in [1.165, 1.54) is 4.90 Å². The van der Waals surface area contributed by atoms with Crippen LogP contribution in [0, 0.1) is 0 Å². The Labute approximate surface area is 155 Å². The highest BCUT2D eigenvalue weighted by atomic mass is 79.9. The largest absolute Gasteiger partial charge is 0.489 e. The van der Waals surface area contributed by atoms with E-state index in [0.717, 1.165) is 10.0 Å². The number of nitrogens with zero attached hydrogens (tertiary/aromatic N) is 2. The lowest BCUT2D eigenvalue weighted by molar-refractivity contribution is 0.0246. The number of piperazine rings is 1. The van der Waals surface area contributed by atoms with Gasteiger partial charge in [0.25, 0.3) is 0 Å². The van der Waals surface area contributed by atoms with Crippen LogP contribution in [0.1, 0.15) is 5.56 Å². The van der Waals surface area contributed by atoms with Crippen molar-refractivity contribution in [2.24, 2.45) is 0 Å². The zero-order valence-corrected chi connectivity index (χ0v) is 15.3. The molecule has 0 spiro atoms. The summed E-state index contributed by atoms with van der Waals surface area (Å²) in [5.41, 5.74) is 0.390. The average molecular weight is 406 g/mol. The second-order valence-electron chi connectivity index (χ2n) is 6.12. The van der Waals surface area contributed by atoms with Gasteiger partial charge in [0.1, 0.15) is 12.4 Å². The molecule has 0 saturated carbocycles. The molecule has 1 fully saturated rings. The molecule has 3 rings (SSSR count). The molecular weight excluding hydrogens is 386 g/mol. The van der Waals surface area contributed by atoms with Crippen molar-refractivity contribution in [2.45, 2.75) is 12.0 Å². The molecule has 2 aromatic rings. The highest BCUT2D eigenvalue weighted by Crippen LogP contribution is 2.26. The van der Waals surface area contributed by atoms with Gasteiger partial charge in [0.05, 0.1) is 11.7 Å². The number of carbonyl (C=O) groups is 1. The topological polar surface area (TPSA) is 74.7 Å². The minimum Gasteiger partial charge on any atom is -0.489 e. The van der Waals surface area contributed by atoms with Gasteiger partial charge in [-0.15, -0.1) is 0 Å². The predicted molar refractivity (Wildman–Crippen MR) is 97.9 cm³/mol. The van der Waals surface area contributed by atoms with Crippen LogP contribution in [0.2, 0.25) is 0 Å². The van der Waals surface area contributed by atoms with Gasteiger partial charge < -0.3 is 15.2 Å². The average Bonchev–Trinajstić information content (AvgIpc) is 2.63. The number of hydrogen-bond donors (Lipinski definition) is 2. The fourth-order valence-electron chi connectivity index (χ4n) is 3.11. The van der Waals surface area contributed by atoms with Crippen LogP contribution in [0.4, 0.5) is 4.79 Å². The van der Waals surface area contributed by atoms with Crippen LogP contribution in [-0.4, -0.2) is 52.9 Å². The minimum atomic E-state index is -0.923. The molecule has 132 valence electrons. The molecule has 25 heavy (non-hydrogen) atoms. The van der Waals surface area contributed by atoms with Crippen LogP contribution in [0.15, 0.2) is 53.3 Å². The third-order valence-electron chi connectivity index (χ3n) is 4.36. The number of aromatic nitrogens is 1. The van der Waals surface area contributed by atoms with E-state index in [2.05, 4.69) is 26.2 Å². The molecule has 2 heterocycles. The number of nitrogens with one attached hydrogen (secondary N) is 1. The monoisotopic (exact) mass is 405 g/mol. The summed E-state index contributed by atoms with van der Waals surface area (Å²) < 4.78 is 6.90. The van der Waals surface area contributed by atoms with Gasteiger partial charge in [-0.1, -0.05) is 28.1 Å². The number of halogens is 1. The molecule has 1 saturated heterocycles. The van der Waals surface area contributed by atoms with Crippen LogP contribution in [0.5, 0.6) is 5.75 Å². The maximum atomic E-state index is 11.8. The predicted octanol–water partition coefficient (Wildman–Crippen LogP) is 2.79. The van der Waals surface area contributed by atoms with Crippen molar-refractivity contribution >= 4 is 22.0 Å². The van der Waals surface area contributed by atoms with E-state index >= 15 is 0 Å². The smallest absolute Gasteiger partial charge is 0.407 e. The molecule has 1 aliphatic rings. The number of pyridine rings is 1. The van der Waals surface area contributed by atoms with Crippen molar-refractivity contribution in [1.82, 2.24) is 15.2 Å².